The normalized spacial score (nSPS) is 17.8. The molecule has 3 rings (SSSR count). The van der Waals surface area contributed by atoms with Gasteiger partial charge in [-0.2, -0.15) is 0 Å². The van der Waals surface area contributed by atoms with E-state index in [9.17, 15) is 9.59 Å². The summed E-state index contributed by atoms with van der Waals surface area (Å²) in [5, 5.41) is 1.93. The van der Waals surface area contributed by atoms with Gasteiger partial charge in [-0.3, -0.25) is 4.79 Å². The molecule has 1 aliphatic heterocycles. The summed E-state index contributed by atoms with van der Waals surface area (Å²) < 4.78 is 15.5. The number of hydrogen-bond donors (Lipinski definition) is 0. The molecule has 1 fully saturated rings. The minimum absolute atomic E-state index is 0.00753. The lowest BCUT2D eigenvalue weighted by Gasteiger charge is -2.08. The Morgan fingerprint density at radius 1 is 1.57 bits per heavy atom. The Morgan fingerprint density at radius 3 is 3.10 bits per heavy atom. The number of oxazole rings is 1. The van der Waals surface area contributed by atoms with Crippen molar-refractivity contribution >= 4 is 23.3 Å². The van der Waals surface area contributed by atoms with Crippen molar-refractivity contribution in [2.75, 3.05) is 0 Å². The molecule has 0 aliphatic carbocycles. The molecule has 0 saturated carbocycles. The van der Waals surface area contributed by atoms with Crippen LogP contribution in [0, 0.1) is 6.92 Å². The highest BCUT2D eigenvalue weighted by Gasteiger charge is 2.31. The Kier molecular flexibility index (Phi) is 3.74. The third-order valence-corrected chi connectivity index (χ3v) is 3.98. The van der Waals surface area contributed by atoms with E-state index in [0.29, 0.717) is 23.8 Å². The van der Waals surface area contributed by atoms with Crippen molar-refractivity contribution in [1.29, 1.82) is 0 Å². The van der Waals surface area contributed by atoms with Gasteiger partial charge in [-0.05, 0) is 18.4 Å². The van der Waals surface area contributed by atoms with Gasteiger partial charge in [0.1, 0.15) is 18.1 Å². The predicted octanol–water partition coefficient (Wildman–Crippen LogP) is 2.46. The van der Waals surface area contributed by atoms with Gasteiger partial charge in [0.2, 0.25) is 5.89 Å². The van der Waals surface area contributed by atoms with Crippen LogP contribution in [0.15, 0.2) is 21.9 Å². The number of aromatic nitrogens is 1. The summed E-state index contributed by atoms with van der Waals surface area (Å²) in [6, 6.07) is 3.82. The Balaban J connectivity index is 1.63. The van der Waals surface area contributed by atoms with Crippen LogP contribution in [0.3, 0.4) is 0 Å². The predicted molar refractivity (Wildman–Crippen MR) is 73.5 cm³/mol. The fraction of sp³-hybridized carbons (Fsp3) is 0.357. The molecule has 0 unspecified atom stereocenters. The molecule has 0 spiro atoms. The quantitative estimate of drug-likeness (QED) is 0.807. The second-order valence-electron chi connectivity index (χ2n) is 4.62. The maximum Gasteiger partial charge on any atom is 0.347 e. The number of ether oxygens (including phenoxy) is 2. The Morgan fingerprint density at radius 2 is 2.43 bits per heavy atom. The van der Waals surface area contributed by atoms with Crippen molar-refractivity contribution in [3.63, 3.8) is 0 Å². The average molecular weight is 307 g/mol. The van der Waals surface area contributed by atoms with E-state index in [4.69, 9.17) is 13.9 Å². The van der Waals surface area contributed by atoms with E-state index in [0.717, 1.165) is 4.88 Å². The van der Waals surface area contributed by atoms with Gasteiger partial charge in [-0.15, -0.1) is 11.3 Å². The first kappa shape index (κ1) is 13.8. The fourth-order valence-corrected chi connectivity index (χ4v) is 2.64. The van der Waals surface area contributed by atoms with E-state index in [1.54, 1.807) is 6.92 Å². The molecule has 21 heavy (non-hydrogen) atoms. The van der Waals surface area contributed by atoms with Gasteiger partial charge in [0.25, 0.3) is 0 Å². The zero-order valence-corrected chi connectivity index (χ0v) is 12.1. The van der Waals surface area contributed by atoms with Gasteiger partial charge < -0.3 is 13.9 Å². The molecule has 0 amide bonds. The highest BCUT2D eigenvalue weighted by Crippen LogP contribution is 2.26. The molecule has 7 heteroatoms. The van der Waals surface area contributed by atoms with Crippen LogP contribution >= 0.6 is 11.3 Å². The highest BCUT2D eigenvalue weighted by molar-refractivity contribution is 7.13. The summed E-state index contributed by atoms with van der Waals surface area (Å²) in [5.41, 5.74) is 0.566. The molecule has 2 aromatic rings. The van der Waals surface area contributed by atoms with E-state index < -0.39 is 12.1 Å². The van der Waals surface area contributed by atoms with Crippen molar-refractivity contribution in [2.45, 2.75) is 32.5 Å². The van der Waals surface area contributed by atoms with Crippen molar-refractivity contribution in [3.05, 3.63) is 29.0 Å². The first-order valence-corrected chi connectivity index (χ1v) is 7.38. The van der Waals surface area contributed by atoms with Crippen molar-refractivity contribution in [2.24, 2.45) is 0 Å². The van der Waals surface area contributed by atoms with Gasteiger partial charge >= 0.3 is 11.9 Å². The first-order valence-electron chi connectivity index (χ1n) is 6.50. The van der Waals surface area contributed by atoms with Crippen LogP contribution in [-0.4, -0.2) is 23.0 Å². The van der Waals surface area contributed by atoms with E-state index in [1.807, 2.05) is 17.5 Å². The minimum Gasteiger partial charge on any atom is -0.456 e. The molecular formula is C14H13NO5S. The summed E-state index contributed by atoms with van der Waals surface area (Å²) in [5.74, 6) is 0.214. The molecule has 3 heterocycles. The van der Waals surface area contributed by atoms with Gasteiger partial charge in [-0.1, -0.05) is 6.07 Å². The largest absolute Gasteiger partial charge is 0.456 e. The number of carbonyl (C=O) groups is 2. The van der Waals surface area contributed by atoms with Gasteiger partial charge in [0, 0.05) is 12.8 Å². The van der Waals surface area contributed by atoms with Crippen molar-refractivity contribution in [3.8, 4) is 10.8 Å². The monoisotopic (exact) mass is 307 g/mol. The van der Waals surface area contributed by atoms with E-state index in [2.05, 4.69) is 4.98 Å². The lowest BCUT2D eigenvalue weighted by Crippen LogP contribution is -2.22. The Bertz CT molecular complexity index is 661. The van der Waals surface area contributed by atoms with Gasteiger partial charge in [-0.25, -0.2) is 9.78 Å². The molecule has 0 bridgehead atoms. The van der Waals surface area contributed by atoms with Gasteiger partial charge in [0.05, 0.1) is 4.88 Å². The third-order valence-electron chi connectivity index (χ3n) is 3.12. The van der Waals surface area contributed by atoms with Crippen molar-refractivity contribution < 1.29 is 23.5 Å². The zero-order valence-electron chi connectivity index (χ0n) is 11.3. The lowest BCUT2D eigenvalue weighted by atomic mass is 10.2. The van der Waals surface area contributed by atoms with Crippen LogP contribution in [0.4, 0.5) is 0 Å². The number of aryl methyl sites for hydroxylation is 1. The minimum atomic E-state index is -0.790. The van der Waals surface area contributed by atoms with Crippen LogP contribution in [0.5, 0.6) is 0 Å². The Labute approximate surface area is 124 Å². The van der Waals surface area contributed by atoms with E-state index in [-0.39, 0.29) is 19.0 Å². The van der Waals surface area contributed by atoms with Crippen LogP contribution in [0.1, 0.15) is 24.3 Å². The van der Waals surface area contributed by atoms with Gasteiger partial charge in [0.15, 0.2) is 6.10 Å². The fourth-order valence-electron chi connectivity index (χ4n) is 1.99. The first-order chi connectivity index (χ1) is 10.1. The summed E-state index contributed by atoms with van der Waals surface area (Å²) in [6.45, 7) is 1.77. The maximum atomic E-state index is 11.8. The lowest BCUT2D eigenvalue weighted by molar-refractivity contribution is -0.162. The molecule has 0 N–H and O–H groups in total. The number of carbonyl (C=O) groups excluding carboxylic acids is 2. The topological polar surface area (TPSA) is 78.6 Å². The second-order valence-corrected chi connectivity index (χ2v) is 5.57. The molecule has 6 nitrogen and oxygen atoms in total. The molecule has 1 saturated heterocycles. The number of thiophene rings is 1. The number of nitrogens with zero attached hydrogens (tertiary/aromatic N) is 1. The molecule has 0 aromatic carbocycles. The van der Waals surface area contributed by atoms with Crippen LogP contribution in [-0.2, 0) is 25.7 Å². The molecule has 110 valence electrons. The zero-order chi connectivity index (χ0) is 14.8. The summed E-state index contributed by atoms with van der Waals surface area (Å²) in [4.78, 5) is 28.0. The summed E-state index contributed by atoms with van der Waals surface area (Å²) >= 11 is 1.52. The second kappa shape index (κ2) is 5.69. The number of esters is 2. The Hall–Kier alpha value is -2.15. The molecule has 0 radical (unpaired) electrons. The molecule has 1 aliphatic rings. The summed E-state index contributed by atoms with van der Waals surface area (Å²) in [6.07, 6.45) is -0.164. The van der Waals surface area contributed by atoms with E-state index >= 15 is 0 Å². The number of hydrogen-bond acceptors (Lipinski definition) is 7. The third kappa shape index (κ3) is 2.97. The van der Waals surface area contributed by atoms with Crippen LogP contribution < -0.4 is 0 Å². The molecule has 1 atom stereocenters. The number of cyclic esters (lactones) is 1. The molecule has 2 aromatic heterocycles. The molecular weight excluding hydrogens is 294 g/mol. The standard InChI is InChI=1S/C14H13NO5S/c1-8-9(15-13(19-8)11-3-2-6-21-11)7-18-14(17)10-4-5-12(16)20-10/h2-3,6,10H,4-5,7H2,1H3/t10-/m1/s1. The number of rotatable bonds is 4. The van der Waals surface area contributed by atoms with Crippen molar-refractivity contribution in [1.82, 2.24) is 4.98 Å². The van der Waals surface area contributed by atoms with Crippen LogP contribution in [0.2, 0.25) is 0 Å². The SMILES string of the molecule is Cc1oc(-c2cccs2)nc1COC(=O)[C@H]1CCC(=O)O1. The maximum absolute atomic E-state index is 11.8. The van der Waals surface area contributed by atoms with Crippen LogP contribution in [0.25, 0.3) is 10.8 Å². The smallest absolute Gasteiger partial charge is 0.347 e. The summed E-state index contributed by atoms with van der Waals surface area (Å²) in [7, 11) is 0. The highest BCUT2D eigenvalue weighted by atomic mass is 32.1. The average Bonchev–Trinajstić information content (AvgIpc) is 3.16. The van der Waals surface area contributed by atoms with E-state index in [1.165, 1.54) is 11.3 Å².